The van der Waals surface area contributed by atoms with Gasteiger partial charge in [-0.05, 0) is 50.2 Å². The van der Waals surface area contributed by atoms with Crippen molar-refractivity contribution in [1.82, 2.24) is 9.13 Å². The van der Waals surface area contributed by atoms with E-state index in [0.717, 1.165) is 13.1 Å². The molecule has 1 amide bonds. The van der Waals surface area contributed by atoms with Gasteiger partial charge in [0, 0.05) is 42.8 Å². The van der Waals surface area contributed by atoms with Crippen LogP contribution in [-0.2, 0) is 4.74 Å². The fraction of sp³-hybridized carbons (Fsp3) is 0.609. The summed E-state index contributed by atoms with van der Waals surface area (Å²) in [6.45, 7) is 20.7. The number of hydrogen-bond acceptors (Lipinski definition) is 3. The van der Waals surface area contributed by atoms with Gasteiger partial charge in [0.05, 0.1) is 0 Å². The van der Waals surface area contributed by atoms with Gasteiger partial charge in [0.15, 0.2) is 8.24 Å². The lowest BCUT2D eigenvalue weighted by Crippen LogP contribution is -2.50. The number of carbonyl (C=O) groups is 1. The monoisotopic (exact) mass is 415 g/mol. The number of rotatable bonds is 2. The lowest BCUT2D eigenvalue weighted by atomic mass is 10.1. The summed E-state index contributed by atoms with van der Waals surface area (Å²) in [7, 11) is -1.69. The molecule has 0 aliphatic carbocycles. The van der Waals surface area contributed by atoms with Crippen LogP contribution in [0.3, 0.4) is 0 Å². The van der Waals surface area contributed by atoms with E-state index in [1.807, 2.05) is 25.7 Å². The molecule has 0 radical (unpaired) electrons. The van der Waals surface area contributed by atoms with Crippen molar-refractivity contribution < 1.29 is 9.53 Å². The van der Waals surface area contributed by atoms with E-state index in [-0.39, 0.29) is 11.1 Å². The van der Waals surface area contributed by atoms with Crippen LogP contribution in [0.2, 0.25) is 18.1 Å². The van der Waals surface area contributed by atoms with Crippen molar-refractivity contribution in [2.45, 2.75) is 65.3 Å². The summed E-state index contributed by atoms with van der Waals surface area (Å²) < 4.78 is 8.08. The molecule has 0 spiro atoms. The van der Waals surface area contributed by atoms with Crippen LogP contribution in [0.1, 0.15) is 41.5 Å². The van der Waals surface area contributed by atoms with E-state index in [1.165, 1.54) is 16.6 Å². The smallest absolute Gasteiger partial charge is 0.410 e. The molecule has 1 saturated heterocycles. The van der Waals surface area contributed by atoms with Gasteiger partial charge in [-0.25, -0.2) is 4.79 Å². The molecule has 3 rings (SSSR count). The minimum atomic E-state index is -1.69. The van der Waals surface area contributed by atoms with Crippen LogP contribution in [0.4, 0.5) is 10.5 Å². The molecule has 0 bridgehead atoms. The zero-order valence-corrected chi connectivity index (χ0v) is 20.4. The fourth-order valence-corrected chi connectivity index (χ4v) is 5.70. The first-order valence-electron chi connectivity index (χ1n) is 10.6. The Morgan fingerprint density at radius 1 is 0.966 bits per heavy atom. The Hall–Kier alpha value is -1.95. The molecular formula is C23H37N3O2Si. The predicted octanol–water partition coefficient (Wildman–Crippen LogP) is 5.55. The first-order chi connectivity index (χ1) is 13.3. The third-order valence-electron chi connectivity index (χ3n) is 6.42. The van der Waals surface area contributed by atoms with Gasteiger partial charge in [-0.15, -0.1) is 0 Å². The van der Waals surface area contributed by atoms with E-state index in [9.17, 15) is 4.79 Å². The molecule has 0 N–H and O–H groups in total. The second-order valence-corrected chi connectivity index (χ2v) is 15.8. The van der Waals surface area contributed by atoms with Gasteiger partial charge in [-0.3, -0.25) is 0 Å². The number of piperazine rings is 1. The Bertz CT molecular complexity index is 882. The first-order valence-corrected chi connectivity index (χ1v) is 13.6. The molecule has 0 unspecified atom stereocenters. The predicted molar refractivity (Wildman–Crippen MR) is 125 cm³/mol. The highest BCUT2D eigenvalue weighted by molar-refractivity contribution is 6.79. The summed E-state index contributed by atoms with van der Waals surface area (Å²) in [6, 6.07) is 8.89. The summed E-state index contributed by atoms with van der Waals surface area (Å²) >= 11 is 0. The van der Waals surface area contributed by atoms with E-state index in [1.54, 1.807) is 0 Å². The number of hydrogen-bond donors (Lipinski definition) is 0. The maximum atomic E-state index is 12.4. The molecule has 2 heterocycles. The third-order valence-corrected chi connectivity index (χ3v) is 11.7. The van der Waals surface area contributed by atoms with Gasteiger partial charge in [0.1, 0.15) is 5.60 Å². The molecule has 2 aromatic rings. The second kappa shape index (κ2) is 7.38. The molecule has 29 heavy (non-hydrogen) atoms. The van der Waals surface area contributed by atoms with Gasteiger partial charge in [-0.2, -0.15) is 0 Å². The van der Waals surface area contributed by atoms with E-state index >= 15 is 0 Å². The molecule has 1 aliphatic heterocycles. The molecule has 1 aromatic heterocycles. The average Bonchev–Trinajstić information content (AvgIpc) is 3.04. The van der Waals surface area contributed by atoms with Gasteiger partial charge in [-0.1, -0.05) is 39.9 Å². The lowest BCUT2D eigenvalue weighted by Gasteiger charge is -2.39. The van der Waals surface area contributed by atoms with E-state index < -0.39 is 13.8 Å². The van der Waals surface area contributed by atoms with Crippen molar-refractivity contribution in [3.8, 4) is 0 Å². The Kier molecular flexibility index (Phi) is 5.54. The number of ether oxygens (including phenoxy) is 1. The van der Waals surface area contributed by atoms with Crippen LogP contribution < -0.4 is 4.90 Å². The van der Waals surface area contributed by atoms with Crippen molar-refractivity contribution in [1.29, 1.82) is 0 Å². The van der Waals surface area contributed by atoms with E-state index in [4.69, 9.17) is 4.74 Å². The lowest BCUT2D eigenvalue weighted by molar-refractivity contribution is 0.0240. The van der Waals surface area contributed by atoms with Crippen molar-refractivity contribution >= 4 is 30.9 Å². The van der Waals surface area contributed by atoms with Crippen molar-refractivity contribution in [3.05, 3.63) is 30.5 Å². The highest BCUT2D eigenvalue weighted by Crippen LogP contribution is 2.40. The first kappa shape index (κ1) is 21.7. The Morgan fingerprint density at radius 3 is 2.14 bits per heavy atom. The highest BCUT2D eigenvalue weighted by Gasteiger charge is 2.38. The van der Waals surface area contributed by atoms with Crippen molar-refractivity contribution in [3.63, 3.8) is 0 Å². The van der Waals surface area contributed by atoms with Gasteiger partial charge in [0.25, 0.3) is 0 Å². The van der Waals surface area contributed by atoms with Crippen LogP contribution in [0.15, 0.2) is 30.5 Å². The number of anilines is 1. The second-order valence-electron chi connectivity index (χ2n) is 10.7. The minimum Gasteiger partial charge on any atom is -0.444 e. The molecular weight excluding hydrogens is 378 g/mol. The maximum absolute atomic E-state index is 12.4. The summed E-state index contributed by atoms with van der Waals surface area (Å²) in [5, 5.41) is 1.58. The Labute approximate surface area is 176 Å². The summed E-state index contributed by atoms with van der Waals surface area (Å²) in [6.07, 6.45) is 2.07. The van der Waals surface area contributed by atoms with Gasteiger partial charge < -0.3 is 18.8 Å². The summed E-state index contributed by atoms with van der Waals surface area (Å²) in [4.78, 5) is 16.6. The summed E-state index contributed by atoms with van der Waals surface area (Å²) in [5.41, 5.74) is 2.14. The quantitative estimate of drug-likeness (QED) is 0.603. The standard InChI is InChI=1S/C23H37N3O2Si/c1-22(2,3)28-21(27)25-16-14-24(15-17-25)19-10-9-11-20-18(19)12-13-26(20)29(7,8)23(4,5)6/h9-13H,14-17H2,1-8H3. The molecule has 1 aromatic carbocycles. The SMILES string of the molecule is CC(C)(C)OC(=O)N1CCN(c2cccc3c2ccn3[Si](C)(C)C(C)(C)C)CC1. The average molecular weight is 416 g/mol. The highest BCUT2D eigenvalue weighted by atomic mass is 28.3. The largest absolute Gasteiger partial charge is 0.444 e. The molecule has 1 aliphatic rings. The molecule has 1 fully saturated rings. The zero-order valence-electron chi connectivity index (χ0n) is 19.4. The molecule has 0 saturated carbocycles. The summed E-state index contributed by atoms with van der Waals surface area (Å²) in [5.74, 6) is 0. The molecule has 0 atom stereocenters. The van der Waals surface area contributed by atoms with Gasteiger partial charge >= 0.3 is 6.09 Å². The third kappa shape index (κ3) is 4.32. The van der Waals surface area contributed by atoms with E-state index in [2.05, 4.69) is 73.5 Å². The topological polar surface area (TPSA) is 37.7 Å². The molecule has 160 valence electrons. The van der Waals surface area contributed by atoms with Crippen LogP contribution >= 0.6 is 0 Å². The van der Waals surface area contributed by atoms with E-state index in [0.29, 0.717) is 13.1 Å². The minimum absolute atomic E-state index is 0.209. The van der Waals surface area contributed by atoms with Crippen LogP contribution in [-0.4, -0.2) is 55.2 Å². The van der Waals surface area contributed by atoms with Crippen LogP contribution in [0.25, 0.3) is 10.9 Å². The van der Waals surface area contributed by atoms with Crippen LogP contribution in [0.5, 0.6) is 0 Å². The Balaban J connectivity index is 1.82. The number of carbonyl (C=O) groups excluding carboxylic acids is 1. The number of aromatic nitrogens is 1. The maximum Gasteiger partial charge on any atom is 0.410 e. The fourth-order valence-electron chi connectivity index (χ4n) is 3.73. The molecule has 6 heteroatoms. The zero-order chi connectivity index (χ0) is 21.6. The number of fused-ring (bicyclic) bond motifs is 1. The number of benzene rings is 1. The van der Waals surface area contributed by atoms with Crippen LogP contribution in [0, 0.1) is 0 Å². The van der Waals surface area contributed by atoms with Crippen molar-refractivity contribution in [2.75, 3.05) is 31.1 Å². The normalized spacial score (nSPS) is 16.4. The van der Waals surface area contributed by atoms with Crippen molar-refractivity contribution in [2.24, 2.45) is 0 Å². The van der Waals surface area contributed by atoms with Gasteiger partial charge in [0.2, 0.25) is 0 Å². The number of amides is 1. The molecule has 5 nitrogen and oxygen atoms in total. The Morgan fingerprint density at radius 2 is 1.59 bits per heavy atom. The number of nitrogens with zero attached hydrogens (tertiary/aromatic N) is 3.